The molecule has 1 aromatic carbocycles. The number of amides is 1. The summed E-state index contributed by atoms with van der Waals surface area (Å²) in [7, 11) is 0. The Morgan fingerprint density at radius 1 is 1.41 bits per heavy atom. The van der Waals surface area contributed by atoms with E-state index in [-0.39, 0.29) is 24.1 Å². The smallest absolute Gasteiger partial charge is 0.319 e. The van der Waals surface area contributed by atoms with Crippen LogP contribution in [0.2, 0.25) is 0 Å². The molecule has 118 valence electrons. The summed E-state index contributed by atoms with van der Waals surface area (Å²) in [5, 5.41) is 9.70. The number of hydrogen-bond acceptors (Lipinski definition) is 4. The van der Waals surface area contributed by atoms with Gasteiger partial charge < -0.3 is 15.3 Å². The molecule has 6 nitrogen and oxygen atoms in total. The van der Waals surface area contributed by atoms with E-state index >= 15 is 0 Å². The summed E-state index contributed by atoms with van der Waals surface area (Å²) in [6, 6.07) is 7.17. The van der Waals surface area contributed by atoms with Gasteiger partial charge in [-0.3, -0.25) is 9.59 Å². The summed E-state index contributed by atoms with van der Waals surface area (Å²) < 4.78 is 5.66. The van der Waals surface area contributed by atoms with E-state index in [2.05, 4.69) is 4.98 Å². The number of carboxylic acid groups (broad SMARTS) is 1. The van der Waals surface area contributed by atoms with Gasteiger partial charge in [-0.05, 0) is 37.8 Å². The minimum Gasteiger partial charge on any atom is -0.480 e. The van der Waals surface area contributed by atoms with Gasteiger partial charge in [-0.25, -0.2) is 4.98 Å². The maximum absolute atomic E-state index is 11.8. The number of primary amides is 1. The fraction of sp³-hybridized carbons (Fsp3) is 0.438. The summed E-state index contributed by atoms with van der Waals surface area (Å²) in [6.07, 6.45) is 1.33. The summed E-state index contributed by atoms with van der Waals surface area (Å²) in [5.41, 5.74) is 5.07. The largest absolute Gasteiger partial charge is 0.480 e. The molecule has 2 unspecified atom stereocenters. The molecular weight excluding hydrogens is 284 g/mol. The molecule has 1 aromatic heterocycles. The Balaban J connectivity index is 2.30. The highest BCUT2D eigenvalue weighted by atomic mass is 16.4. The molecule has 0 saturated carbocycles. The zero-order valence-electron chi connectivity index (χ0n) is 12.7. The first-order chi connectivity index (χ1) is 10.4. The lowest BCUT2D eigenvalue weighted by Gasteiger charge is -2.28. The average molecular weight is 304 g/mol. The van der Waals surface area contributed by atoms with Crippen molar-refractivity contribution in [1.29, 1.82) is 0 Å². The maximum atomic E-state index is 11.8. The highest BCUT2D eigenvalue weighted by Crippen LogP contribution is 2.36. The number of rotatable bonds is 7. The summed E-state index contributed by atoms with van der Waals surface area (Å²) in [4.78, 5) is 27.0. The third-order valence-corrected chi connectivity index (χ3v) is 4.23. The number of aliphatic carboxylic acids is 1. The molecule has 1 amide bonds. The van der Waals surface area contributed by atoms with Gasteiger partial charge in [-0.2, -0.15) is 0 Å². The Bertz CT molecular complexity index is 661. The molecular formula is C16H20N2O4. The second kappa shape index (κ2) is 6.17. The third-order valence-electron chi connectivity index (χ3n) is 4.23. The number of nitrogens with two attached hydrogens (primary N) is 1. The van der Waals surface area contributed by atoms with E-state index in [1.54, 1.807) is 19.1 Å². The first kappa shape index (κ1) is 16.0. The molecule has 0 fully saturated rings. The van der Waals surface area contributed by atoms with Gasteiger partial charge in [0, 0.05) is 6.42 Å². The van der Waals surface area contributed by atoms with E-state index in [1.165, 1.54) is 0 Å². The molecule has 22 heavy (non-hydrogen) atoms. The van der Waals surface area contributed by atoms with Crippen LogP contribution in [0.4, 0.5) is 0 Å². The number of carboxylic acids is 1. The molecule has 0 aliphatic carbocycles. The van der Waals surface area contributed by atoms with Crippen LogP contribution in [-0.4, -0.2) is 22.0 Å². The lowest BCUT2D eigenvalue weighted by atomic mass is 9.75. The van der Waals surface area contributed by atoms with Crippen molar-refractivity contribution < 1.29 is 19.1 Å². The minimum absolute atomic E-state index is 0.188. The molecule has 0 spiro atoms. The zero-order valence-corrected chi connectivity index (χ0v) is 12.7. The summed E-state index contributed by atoms with van der Waals surface area (Å²) in [5.74, 6) is -1.44. The van der Waals surface area contributed by atoms with Crippen molar-refractivity contribution in [2.75, 3.05) is 0 Å². The van der Waals surface area contributed by atoms with Crippen LogP contribution in [0.3, 0.4) is 0 Å². The van der Waals surface area contributed by atoms with E-state index in [9.17, 15) is 14.7 Å². The van der Waals surface area contributed by atoms with Gasteiger partial charge >= 0.3 is 5.97 Å². The third kappa shape index (κ3) is 2.95. The fourth-order valence-corrected chi connectivity index (χ4v) is 2.48. The van der Waals surface area contributed by atoms with E-state index in [0.717, 1.165) is 0 Å². The molecule has 0 aliphatic rings. The molecule has 0 radical (unpaired) electrons. The predicted octanol–water partition coefficient (Wildman–Crippen LogP) is 2.46. The first-order valence-corrected chi connectivity index (χ1v) is 7.23. The average Bonchev–Trinajstić information content (AvgIpc) is 2.89. The molecule has 1 heterocycles. The minimum atomic E-state index is -1.25. The van der Waals surface area contributed by atoms with Crippen molar-refractivity contribution in [2.24, 2.45) is 11.7 Å². The zero-order chi connectivity index (χ0) is 16.3. The van der Waals surface area contributed by atoms with Crippen LogP contribution in [-0.2, 0) is 15.0 Å². The lowest BCUT2D eigenvalue weighted by molar-refractivity contribution is -0.146. The van der Waals surface area contributed by atoms with E-state index < -0.39 is 11.4 Å². The van der Waals surface area contributed by atoms with Crippen molar-refractivity contribution in [3.05, 3.63) is 30.2 Å². The van der Waals surface area contributed by atoms with E-state index in [1.807, 2.05) is 19.1 Å². The van der Waals surface area contributed by atoms with Crippen molar-refractivity contribution in [3.8, 4) is 0 Å². The maximum Gasteiger partial charge on any atom is 0.319 e. The number of carbonyl (C=O) groups is 2. The van der Waals surface area contributed by atoms with Gasteiger partial charge in [0.05, 0.1) is 0 Å². The number of hydrogen-bond donors (Lipinski definition) is 2. The molecule has 2 atom stereocenters. The Morgan fingerprint density at radius 2 is 2.09 bits per heavy atom. The van der Waals surface area contributed by atoms with Crippen LogP contribution in [0.5, 0.6) is 0 Å². The number of para-hydroxylation sites is 2. The predicted molar refractivity (Wildman–Crippen MR) is 81.2 cm³/mol. The van der Waals surface area contributed by atoms with Crippen molar-refractivity contribution in [1.82, 2.24) is 4.98 Å². The van der Waals surface area contributed by atoms with Gasteiger partial charge in [0.2, 0.25) is 11.8 Å². The van der Waals surface area contributed by atoms with E-state index in [0.29, 0.717) is 23.9 Å². The van der Waals surface area contributed by atoms with Crippen molar-refractivity contribution in [2.45, 2.75) is 38.5 Å². The second-order valence-electron chi connectivity index (χ2n) is 5.75. The number of fused-ring (bicyclic) bond motifs is 1. The van der Waals surface area contributed by atoms with Crippen LogP contribution in [0.25, 0.3) is 11.1 Å². The Morgan fingerprint density at radius 3 is 2.68 bits per heavy atom. The number of aromatic nitrogens is 1. The molecule has 0 aliphatic heterocycles. The summed E-state index contributed by atoms with van der Waals surface area (Å²) >= 11 is 0. The van der Waals surface area contributed by atoms with Crippen molar-refractivity contribution in [3.63, 3.8) is 0 Å². The molecule has 0 saturated heterocycles. The van der Waals surface area contributed by atoms with Crippen LogP contribution in [0.1, 0.15) is 39.0 Å². The molecule has 0 bridgehead atoms. The fourth-order valence-electron chi connectivity index (χ4n) is 2.48. The SMILES string of the molecule is CC(CCCC(N)=O)C(C)(C(=O)O)c1nc2ccccc2o1. The number of benzene rings is 1. The number of oxazole rings is 1. The normalized spacial score (nSPS) is 15.4. The van der Waals surface area contributed by atoms with Crippen LogP contribution < -0.4 is 5.73 Å². The topological polar surface area (TPSA) is 106 Å². The molecule has 6 heteroatoms. The standard InChI is InChI=1S/C16H20N2O4/c1-10(6-5-9-13(17)19)16(2,15(20)21)14-18-11-7-3-4-8-12(11)22-14/h3-4,7-8,10H,5-6,9H2,1-2H3,(H2,17,19)(H,20,21). The molecule has 3 N–H and O–H groups in total. The molecule has 2 aromatic rings. The van der Waals surface area contributed by atoms with E-state index in [4.69, 9.17) is 10.2 Å². The molecule has 2 rings (SSSR count). The highest BCUT2D eigenvalue weighted by molar-refractivity contribution is 5.81. The van der Waals surface area contributed by atoms with Crippen LogP contribution >= 0.6 is 0 Å². The van der Waals surface area contributed by atoms with Gasteiger partial charge in [0.25, 0.3) is 0 Å². The van der Waals surface area contributed by atoms with Gasteiger partial charge in [-0.1, -0.05) is 19.1 Å². The second-order valence-corrected chi connectivity index (χ2v) is 5.75. The van der Waals surface area contributed by atoms with Gasteiger partial charge in [-0.15, -0.1) is 0 Å². The van der Waals surface area contributed by atoms with Gasteiger partial charge in [0.15, 0.2) is 5.58 Å². The van der Waals surface area contributed by atoms with Crippen LogP contribution in [0, 0.1) is 5.92 Å². The Labute approximate surface area is 128 Å². The summed E-state index contributed by atoms with van der Waals surface area (Å²) in [6.45, 7) is 3.43. The highest BCUT2D eigenvalue weighted by Gasteiger charge is 2.45. The Hall–Kier alpha value is -2.37. The lowest BCUT2D eigenvalue weighted by Crippen LogP contribution is -2.39. The number of nitrogens with zero attached hydrogens (tertiary/aromatic N) is 1. The van der Waals surface area contributed by atoms with Gasteiger partial charge in [0.1, 0.15) is 10.9 Å². The first-order valence-electron chi connectivity index (χ1n) is 7.23. The van der Waals surface area contributed by atoms with Crippen LogP contribution in [0.15, 0.2) is 28.7 Å². The van der Waals surface area contributed by atoms with Crippen molar-refractivity contribution >= 4 is 23.0 Å². The Kier molecular flexibility index (Phi) is 4.49. The monoisotopic (exact) mass is 304 g/mol. The number of carbonyl (C=O) groups excluding carboxylic acids is 1. The quantitative estimate of drug-likeness (QED) is 0.817.